The first-order valence-corrected chi connectivity index (χ1v) is 13.7. The van der Waals surface area contributed by atoms with Gasteiger partial charge in [0.2, 0.25) is 5.91 Å². The van der Waals surface area contributed by atoms with E-state index in [1.807, 2.05) is 61.5 Å². The van der Waals surface area contributed by atoms with Gasteiger partial charge in [-0.15, -0.1) is 0 Å². The van der Waals surface area contributed by atoms with E-state index in [2.05, 4.69) is 28.8 Å². The number of amides is 1. The van der Waals surface area contributed by atoms with Crippen molar-refractivity contribution in [3.63, 3.8) is 0 Å². The van der Waals surface area contributed by atoms with E-state index in [1.54, 1.807) is 24.3 Å². The molecule has 0 spiro atoms. The average Bonchev–Trinajstić information content (AvgIpc) is 2.97. The number of carbonyl (C=O) groups excluding carboxylic acids is 1. The number of aromatic carboxylic acids is 1. The molecule has 3 N–H and O–H groups in total. The standard InChI is InChI=1S/C34H31ClN2O3/c1-22-20-29(35)12-15-31(22)26-10-13-30(14-11-26)37-33(38)32(21-23-2-4-28(5-3-23)34(39)40)27-8-6-24(7-9-27)25-16-18-36-19-17-25/h2-16,20,32,36H,17-19,21H2,1H3,(H,37,38)(H,39,40)/t32-/m1/s1. The predicted octanol–water partition coefficient (Wildman–Crippen LogP) is 7.36. The van der Waals surface area contributed by atoms with Crippen molar-refractivity contribution in [2.45, 2.75) is 25.7 Å². The minimum absolute atomic E-state index is 0.119. The molecule has 1 aliphatic rings. The van der Waals surface area contributed by atoms with Gasteiger partial charge in [0.1, 0.15) is 0 Å². The lowest BCUT2D eigenvalue weighted by atomic mass is 9.89. The van der Waals surface area contributed by atoms with Crippen LogP contribution < -0.4 is 10.6 Å². The van der Waals surface area contributed by atoms with Crippen molar-refractivity contribution < 1.29 is 14.7 Å². The first-order valence-electron chi connectivity index (χ1n) is 13.4. The zero-order valence-corrected chi connectivity index (χ0v) is 23.0. The molecule has 1 aliphatic heterocycles. The Labute approximate surface area is 239 Å². The Kier molecular flexibility index (Phi) is 8.44. The van der Waals surface area contributed by atoms with Crippen molar-refractivity contribution in [2.75, 3.05) is 18.4 Å². The van der Waals surface area contributed by atoms with E-state index in [-0.39, 0.29) is 11.5 Å². The second kappa shape index (κ2) is 12.3. The summed E-state index contributed by atoms with van der Waals surface area (Å²) < 4.78 is 0. The van der Waals surface area contributed by atoms with Crippen LogP contribution in [0.5, 0.6) is 0 Å². The van der Waals surface area contributed by atoms with E-state index < -0.39 is 11.9 Å². The van der Waals surface area contributed by atoms with Crippen LogP contribution in [-0.2, 0) is 11.2 Å². The third-order valence-corrected chi connectivity index (χ3v) is 7.59. The van der Waals surface area contributed by atoms with Gasteiger partial charge in [-0.3, -0.25) is 4.79 Å². The molecule has 1 heterocycles. The van der Waals surface area contributed by atoms with Gasteiger partial charge in [0.25, 0.3) is 0 Å². The van der Waals surface area contributed by atoms with Gasteiger partial charge in [0, 0.05) is 17.3 Å². The molecule has 40 heavy (non-hydrogen) atoms. The number of carbonyl (C=O) groups is 2. The lowest BCUT2D eigenvalue weighted by molar-refractivity contribution is -0.117. The predicted molar refractivity (Wildman–Crippen MR) is 162 cm³/mol. The number of halogens is 1. The molecule has 0 aliphatic carbocycles. The summed E-state index contributed by atoms with van der Waals surface area (Å²) in [5.74, 6) is -1.54. The van der Waals surface area contributed by atoms with Crippen LogP contribution >= 0.6 is 11.6 Å². The van der Waals surface area contributed by atoms with E-state index in [0.29, 0.717) is 17.1 Å². The van der Waals surface area contributed by atoms with Gasteiger partial charge in [-0.1, -0.05) is 72.3 Å². The van der Waals surface area contributed by atoms with Crippen LogP contribution in [0, 0.1) is 6.92 Å². The summed E-state index contributed by atoms with van der Waals surface area (Å²) in [5.41, 5.74) is 8.44. The SMILES string of the molecule is Cc1cc(Cl)ccc1-c1ccc(NC(=O)[C@H](Cc2ccc(C(=O)O)cc2)c2ccc(C3=CCNCC3)cc2)cc1. The maximum atomic E-state index is 13.7. The van der Waals surface area contributed by atoms with Gasteiger partial charge in [0.15, 0.2) is 0 Å². The molecule has 0 radical (unpaired) electrons. The zero-order valence-electron chi connectivity index (χ0n) is 22.3. The van der Waals surface area contributed by atoms with Gasteiger partial charge < -0.3 is 15.7 Å². The topological polar surface area (TPSA) is 78.4 Å². The van der Waals surface area contributed by atoms with Gasteiger partial charge in [-0.2, -0.15) is 0 Å². The monoisotopic (exact) mass is 550 g/mol. The maximum Gasteiger partial charge on any atom is 0.335 e. The fraction of sp³-hybridized carbons (Fsp3) is 0.176. The molecule has 5 nitrogen and oxygen atoms in total. The smallest absolute Gasteiger partial charge is 0.335 e. The Morgan fingerprint density at radius 3 is 2.25 bits per heavy atom. The Bertz CT molecular complexity index is 1540. The number of aryl methyl sites for hydroxylation is 1. The highest BCUT2D eigenvalue weighted by atomic mass is 35.5. The highest BCUT2D eigenvalue weighted by Gasteiger charge is 2.22. The molecular weight excluding hydrogens is 520 g/mol. The van der Waals surface area contributed by atoms with Gasteiger partial charge in [-0.05, 0) is 102 Å². The fourth-order valence-electron chi connectivity index (χ4n) is 5.11. The number of hydrogen-bond acceptors (Lipinski definition) is 3. The van der Waals surface area contributed by atoms with Crippen molar-refractivity contribution in [1.82, 2.24) is 5.32 Å². The van der Waals surface area contributed by atoms with Crippen LogP contribution in [0.4, 0.5) is 5.69 Å². The zero-order chi connectivity index (χ0) is 28.1. The summed E-state index contributed by atoms with van der Waals surface area (Å²) in [7, 11) is 0. The quantitative estimate of drug-likeness (QED) is 0.214. The molecule has 0 saturated carbocycles. The van der Waals surface area contributed by atoms with Crippen molar-refractivity contribution in [3.8, 4) is 11.1 Å². The molecule has 0 aromatic heterocycles. The van der Waals surface area contributed by atoms with Crippen LogP contribution in [0.1, 0.15) is 45.0 Å². The van der Waals surface area contributed by atoms with Crippen LogP contribution in [0.15, 0.2) is 97.1 Å². The Morgan fingerprint density at radius 2 is 1.62 bits per heavy atom. The summed E-state index contributed by atoms with van der Waals surface area (Å²) >= 11 is 6.12. The average molecular weight is 551 g/mol. The molecule has 0 saturated heterocycles. The molecule has 4 aromatic rings. The highest BCUT2D eigenvalue weighted by Crippen LogP contribution is 2.29. The van der Waals surface area contributed by atoms with Gasteiger partial charge in [-0.25, -0.2) is 4.79 Å². The molecular formula is C34H31ClN2O3. The van der Waals surface area contributed by atoms with Crippen LogP contribution in [0.3, 0.4) is 0 Å². The Morgan fingerprint density at radius 1 is 0.925 bits per heavy atom. The van der Waals surface area contributed by atoms with E-state index >= 15 is 0 Å². The summed E-state index contributed by atoms with van der Waals surface area (Å²) in [5, 5.41) is 16.4. The molecule has 1 atom stereocenters. The molecule has 202 valence electrons. The van der Waals surface area contributed by atoms with Crippen molar-refractivity contribution in [2.24, 2.45) is 0 Å². The summed E-state index contributed by atoms with van der Waals surface area (Å²) in [6.07, 6.45) is 3.63. The summed E-state index contributed by atoms with van der Waals surface area (Å²) in [6, 6.07) is 28.6. The number of benzene rings is 4. The van der Waals surface area contributed by atoms with E-state index in [0.717, 1.165) is 47.3 Å². The molecule has 1 amide bonds. The number of hydrogen-bond donors (Lipinski definition) is 3. The Hall–Kier alpha value is -4.19. The first kappa shape index (κ1) is 27.4. The minimum atomic E-state index is -0.971. The van der Waals surface area contributed by atoms with Gasteiger partial charge in [0.05, 0.1) is 11.5 Å². The van der Waals surface area contributed by atoms with Gasteiger partial charge >= 0.3 is 5.97 Å². The van der Waals surface area contributed by atoms with Crippen molar-refractivity contribution in [3.05, 3.63) is 130 Å². The summed E-state index contributed by atoms with van der Waals surface area (Å²) in [6.45, 7) is 3.85. The van der Waals surface area contributed by atoms with Crippen molar-refractivity contribution in [1.29, 1.82) is 0 Å². The number of carboxylic acid groups (broad SMARTS) is 1. The second-order valence-corrected chi connectivity index (χ2v) is 10.5. The summed E-state index contributed by atoms with van der Waals surface area (Å²) in [4.78, 5) is 25.0. The van der Waals surface area contributed by atoms with E-state index in [1.165, 1.54) is 11.1 Å². The van der Waals surface area contributed by atoms with Crippen LogP contribution in [0.2, 0.25) is 5.02 Å². The lowest BCUT2D eigenvalue weighted by Gasteiger charge is -2.19. The van der Waals surface area contributed by atoms with E-state index in [9.17, 15) is 14.7 Å². The molecule has 0 bridgehead atoms. The largest absolute Gasteiger partial charge is 0.478 e. The van der Waals surface area contributed by atoms with Crippen LogP contribution in [0.25, 0.3) is 16.7 Å². The number of carboxylic acids is 1. The number of rotatable bonds is 8. The first-order chi connectivity index (χ1) is 19.4. The van der Waals surface area contributed by atoms with Crippen LogP contribution in [-0.4, -0.2) is 30.1 Å². The third kappa shape index (κ3) is 6.50. The second-order valence-electron chi connectivity index (χ2n) is 10.1. The van der Waals surface area contributed by atoms with Crippen molar-refractivity contribution >= 4 is 34.7 Å². The maximum absolute atomic E-state index is 13.7. The normalized spacial score (nSPS) is 13.8. The molecule has 0 unspecified atom stereocenters. The Balaban J connectivity index is 1.38. The molecule has 4 aromatic carbocycles. The van der Waals surface area contributed by atoms with E-state index in [4.69, 9.17) is 11.6 Å². The lowest BCUT2D eigenvalue weighted by Crippen LogP contribution is -2.23. The number of nitrogens with one attached hydrogen (secondary N) is 2. The fourth-order valence-corrected chi connectivity index (χ4v) is 5.34. The number of anilines is 1. The molecule has 0 fully saturated rings. The molecule has 5 rings (SSSR count). The molecule has 6 heteroatoms. The minimum Gasteiger partial charge on any atom is -0.478 e. The third-order valence-electron chi connectivity index (χ3n) is 7.36. The highest BCUT2D eigenvalue weighted by molar-refractivity contribution is 6.30.